The molecule has 1 fully saturated rings. The molecule has 6 nitrogen and oxygen atoms in total. The summed E-state index contributed by atoms with van der Waals surface area (Å²) in [7, 11) is 0. The third-order valence-corrected chi connectivity index (χ3v) is 1.96. The van der Waals surface area contributed by atoms with Crippen LogP contribution in [0.5, 0.6) is 0 Å². The van der Waals surface area contributed by atoms with Crippen LogP contribution in [0.1, 0.15) is 13.8 Å². The van der Waals surface area contributed by atoms with Gasteiger partial charge in [0.05, 0.1) is 12.7 Å². The van der Waals surface area contributed by atoms with Crippen LogP contribution in [0.2, 0.25) is 0 Å². The van der Waals surface area contributed by atoms with Gasteiger partial charge in [-0.25, -0.2) is 4.79 Å². The van der Waals surface area contributed by atoms with Gasteiger partial charge < -0.3 is 24.8 Å². The predicted octanol–water partition coefficient (Wildman–Crippen LogP) is 0.0253. The Morgan fingerprint density at radius 1 is 1.53 bits per heavy atom. The van der Waals surface area contributed by atoms with Crippen molar-refractivity contribution < 1.29 is 29.6 Å². The zero-order chi connectivity index (χ0) is 11.6. The molecule has 0 aromatic rings. The quantitative estimate of drug-likeness (QED) is 0.456. The van der Waals surface area contributed by atoms with Crippen LogP contribution in [0, 0.1) is 0 Å². The van der Waals surface area contributed by atoms with Gasteiger partial charge in [-0.15, -0.1) is 0 Å². The minimum absolute atomic E-state index is 0.103. The summed E-state index contributed by atoms with van der Waals surface area (Å²) >= 11 is 0. The maximum absolute atomic E-state index is 10.2. The summed E-state index contributed by atoms with van der Waals surface area (Å²) in [6.45, 7) is 3.43. The van der Waals surface area contributed by atoms with E-state index < -0.39 is 29.7 Å². The van der Waals surface area contributed by atoms with Gasteiger partial charge in [-0.05, 0) is 13.8 Å². The molecule has 1 rings (SSSR count). The molecular formula is C9H14O6. The molecule has 0 amide bonds. The molecule has 1 unspecified atom stereocenters. The third kappa shape index (κ3) is 3.19. The van der Waals surface area contributed by atoms with Crippen LogP contribution >= 0.6 is 0 Å². The summed E-state index contributed by atoms with van der Waals surface area (Å²) in [5.41, 5.74) is 0. The van der Waals surface area contributed by atoms with Crippen LogP contribution < -0.4 is 0 Å². The van der Waals surface area contributed by atoms with Gasteiger partial charge >= 0.3 is 5.97 Å². The van der Waals surface area contributed by atoms with E-state index in [0.717, 1.165) is 0 Å². The van der Waals surface area contributed by atoms with E-state index in [1.54, 1.807) is 13.8 Å². The fourth-order valence-corrected chi connectivity index (χ4v) is 1.27. The minimum atomic E-state index is -1.39. The van der Waals surface area contributed by atoms with Gasteiger partial charge in [-0.2, -0.15) is 0 Å². The maximum Gasteiger partial charge on any atom is 0.331 e. The lowest BCUT2D eigenvalue weighted by Crippen LogP contribution is -2.32. The van der Waals surface area contributed by atoms with E-state index in [1.165, 1.54) is 0 Å². The lowest BCUT2D eigenvalue weighted by Gasteiger charge is -2.19. The van der Waals surface area contributed by atoms with E-state index in [2.05, 4.69) is 0 Å². The van der Waals surface area contributed by atoms with E-state index in [1.807, 2.05) is 0 Å². The van der Waals surface area contributed by atoms with Crippen molar-refractivity contribution in [3.05, 3.63) is 11.8 Å². The smallest absolute Gasteiger partial charge is 0.331 e. The van der Waals surface area contributed by atoms with Crippen LogP contribution in [-0.4, -0.2) is 45.9 Å². The summed E-state index contributed by atoms with van der Waals surface area (Å²) in [5.74, 6) is -2.80. The Balaban J connectivity index is 2.62. The number of aliphatic hydroxyl groups excluding tert-OH is 2. The standard InChI is InChI=1S/C9H14O6/c1-9(2)14-4-6(15-9)8(13)5(10)3-7(11)12/h3,6,8,10,13H,4H2,1-2H3,(H,11,12)/b5-3-/t6?,8-/m0/s1. The van der Waals surface area contributed by atoms with Gasteiger partial charge in [0.1, 0.15) is 18.0 Å². The van der Waals surface area contributed by atoms with E-state index in [9.17, 15) is 15.0 Å². The maximum atomic E-state index is 10.2. The molecule has 2 atom stereocenters. The number of carbonyl (C=O) groups is 1. The zero-order valence-electron chi connectivity index (χ0n) is 8.51. The molecular weight excluding hydrogens is 204 g/mol. The molecule has 6 heteroatoms. The van der Waals surface area contributed by atoms with Crippen molar-refractivity contribution in [3.63, 3.8) is 0 Å². The first-order valence-electron chi connectivity index (χ1n) is 4.45. The molecule has 15 heavy (non-hydrogen) atoms. The van der Waals surface area contributed by atoms with Crippen LogP contribution in [0.15, 0.2) is 11.8 Å². The Bertz CT molecular complexity index is 282. The topological polar surface area (TPSA) is 96.2 Å². The van der Waals surface area contributed by atoms with Crippen LogP contribution in [0.3, 0.4) is 0 Å². The molecule has 3 N–H and O–H groups in total. The number of carboxylic acids is 1. The van der Waals surface area contributed by atoms with Crippen molar-refractivity contribution in [2.75, 3.05) is 6.61 Å². The molecule has 0 aromatic heterocycles. The second kappa shape index (κ2) is 4.18. The SMILES string of the molecule is CC1(C)OCC([C@@H](O)/C(O)=C/C(=O)O)O1. The van der Waals surface area contributed by atoms with Gasteiger partial charge in [-0.3, -0.25) is 0 Å². The van der Waals surface area contributed by atoms with Gasteiger partial charge in [0.25, 0.3) is 0 Å². The summed E-state index contributed by atoms with van der Waals surface area (Å²) < 4.78 is 10.4. The van der Waals surface area contributed by atoms with Crippen LogP contribution in [-0.2, 0) is 14.3 Å². The Kier molecular flexibility index (Phi) is 3.33. The normalized spacial score (nSPS) is 27.7. The number of rotatable bonds is 3. The Morgan fingerprint density at radius 3 is 2.53 bits per heavy atom. The molecule has 0 radical (unpaired) electrons. The number of ether oxygens (including phenoxy) is 2. The molecule has 0 aliphatic carbocycles. The molecule has 1 aliphatic rings. The highest BCUT2D eigenvalue weighted by molar-refractivity contribution is 5.80. The number of hydrogen-bond acceptors (Lipinski definition) is 5. The molecule has 0 bridgehead atoms. The average Bonchev–Trinajstić information content (AvgIpc) is 2.43. The second-order valence-electron chi connectivity index (χ2n) is 3.72. The van der Waals surface area contributed by atoms with E-state index >= 15 is 0 Å². The van der Waals surface area contributed by atoms with E-state index in [4.69, 9.17) is 14.6 Å². The average molecular weight is 218 g/mol. The van der Waals surface area contributed by atoms with Crippen LogP contribution in [0.4, 0.5) is 0 Å². The fraction of sp³-hybridized carbons (Fsp3) is 0.667. The highest BCUT2D eigenvalue weighted by Crippen LogP contribution is 2.25. The first kappa shape index (κ1) is 12.0. The number of carboxylic acid groups (broad SMARTS) is 1. The monoisotopic (exact) mass is 218 g/mol. The highest BCUT2D eigenvalue weighted by atomic mass is 16.7. The van der Waals surface area contributed by atoms with Crippen molar-refractivity contribution in [3.8, 4) is 0 Å². The van der Waals surface area contributed by atoms with Crippen molar-refractivity contribution in [2.45, 2.75) is 31.8 Å². The Morgan fingerprint density at radius 2 is 2.13 bits per heavy atom. The fourth-order valence-electron chi connectivity index (χ4n) is 1.27. The summed E-state index contributed by atoms with van der Waals surface area (Å²) in [6.07, 6.45) is -1.61. The van der Waals surface area contributed by atoms with Gasteiger partial charge in [0.15, 0.2) is 5.79 Å². The van der Waals surface area contributed by atoms with Crippen molar-refractivity contribution >= 4 is 5.97 Å². The number of hydrogen-bond donors (Lipinski definition) is 3. The zero-order valence-corrected chi connectivity index (χ0v) is 8.51. The summed E-state index contributed by atoms with van der Waals surface area (Å²) in [6, 6.07) is 0. The number of aliphatic hydroxyl groups is 2. The second-order valence-corrected chi connectivity index (χ2v) is 3.72. The molecule has 0 spiro atoms. The summed E-state index contributed by atoms with van der Waals surface area (Å²) in [4.78, 5) is 10.2. The largest absolute Gasteiger partial charge is 0.509 e. The van der Waals surface area contributed by atoms with Crippen LogP contribution in [0.25, 0.3) is 0 Å². The molecule has 1 heterocycles. The molecule has 0 aromatic carbocycles. The third-order valence-electron chi connectivity index (χ3n) is 1.96. The van der Waals surface area contributed by atoms with Crippen molar-refractivity contribution in [2.24, 2.45) is 0 Å². The lowest BCUT2D eigenvalue weighted by molar-refractivity contribution is -0.150. The first-order valence-corrected chi connectivity index (χ1v) is 4.45. The van der Waals surface area contributed by atoms with Crippen molar-refractivity contribution in [1.29, 1.82) is 0 Å². The van der Waals surface area contributed by atoms with Gasteiger partial charge in [0.2, 0.25) is 0 Å². The Hall–Kier alpha value is -1.11. The van der Waals surface area contributed by atoms with Gasteiger partial charge in [0, 0.05) is 0 Å². The highest BCUT2D eigenvalue weighted by Gasteiger charge is 2.38. The molecule has 86 valence electrons. The first-order chi connectivity index (χ1) is 6.82. The molecule has 1 saturated heterocycles. The molecule has 1 aliphatic heterocycles. The van der Waals surface area contributed by atoms with Crippen molar-refractivity contribution in [1.82, 2.24) is 0 Å². The predicted molar refractivity (Wildman–Crippen MR) is 49.3 cm³/mol. The lowest BCUT2D eigenvalue weighted by atomic mass is 10.1. The van der Waals surface area contributed by atoms with Gasteiger partial charge in [-0.1, -0.05) is 0 Å². The Labute approximate surface area is 86.7 Å². The van der Waals surface area contributed by atoms with E-state index in [0.29, 0.717) is 6.08 Å². The minimum Gasteiger partial charge on any atom is -0.509 e. The number of aliphatic carboxylic acids is 1. The van der Waals surface area contributed by atoms with E-state index in [-0.39, 0.29) is 6.61 Å². The molecule has 0 saturated carbocycles. The summed E-state index contributed by atoms with van der Waals surface area (Å²) in [5, 5.41) is 27.1.